The predicted molar refractivity (Wildman–Crippen MR) is 124 cm³/mol. The summed E-state index contributed by atoms with van der Waals surface area (Å²) in [6.45, 7) is 2.26. The van der Waals surface area contributed by atoms with Crippen LogP contribution in [0.4, 0.5) is 5.69 Å². The molecule has 0 unspecified atom stereocenters. The van der Waals surface area contributed by atoms with Crippen LogP contribution < -0.4 is 0 Å². The molecule has 0 aliphatic carbocycles. The smallest absolute Gasteiger partial charge is 0.276 e. The van der Waals surface area contributed by atoms with Gasteiger partial charge in [-0.3, -0.25) is 14.9 Å². The molecule has 3 aromatic heterocycles. The minimum absolute atomic E-state index is 0.103. The van der Waals surface area contributed by atoms with Crippen molar-refractivity contribution in [3.8, 4) is 5.69 Å². The molecule has 5 rings (SSSR count). The van der Waals surface area contributed by atoms with Gasteiger partial charge in [0, 0.05) is 56.1 Å². The fourth-order valence-corrected chi connectivity index (χ4v) is 5.65. The van der Waals surface area contributed by atoms with E-state index in [2.05, 4.69) is 20.3 Å². The Hall–Kier alpha value is -4.17. The van der Waals surface area contributed by atoms with Crippen molar-refractivity contribution in [2.24, 2.45) is 0 Å². The lowest BCUT2D eigenvalue weighted by Gasteiger charge is -2.33. The van der Waals surface area contributed by atoms with Gasteiger partial charge in [0.05, 0.1) is 16.3 Å². The van der Waals surface area contributed by atoms with Crippen molar-refractivity contribution in [1.82, 2.24) is 34.2 Å². The highest BCUT2D eigenvalue weighted by atomic mass is 32.2. The Labute approximate surface area is 199 Å². The molecule has 1 fully saturated rings. The third-order valence-corrected chi connectivity index (χ3v) is 7.88. The van der Waals surface area contributed by atoms with Crippen molar-refractivity contribution < 1.29 is 18.1 Å². The second kappa shape index (κ2) is 8.56. The third kappa shape index (κ3) is 3.91. The number of non-ortho nitro benzene ring substituents is 1. The first-order valence-electron chi connectivity index (χ1n) is 10.7. The molecule has 1 amide bonds. The summed E-state index contributed by atoms with van der Waals surface area (Å²) >= 11 is 0. The molecule has 0 bridgehead atoms. The molecule has 0 atom stereocenters. The number of benzene rings is 1. The van der Waals surface area contributed by atoms with Crippen molar-refractivity contribution in [3.05, 3.63) is 70.3 Å². The van der Waals surface area contributed by atoms with Crippen molar-refractivity contribution in [2.75, 3.05) is 26.2 Å². The Morgan fingerprint density at radius 3 is 2.66 bits per heavy atom. The number of nitro benzene ring substituents is 1. The number of H-pyrrole nitrogens is 1. The molecule has 1 saturated heterocycles. The number of aromatic amines is 1. The van der Waals surface area contributed by atoms with E-state index in [0.29, 0.717) is 22.4 Å². The van der Waals surface area contributed by atoms with Gasteiger partial charge in [-0.15, -0.1) is 5.10 Å². The molecule has 1 aromatic carbocycles. The first-order valence-corrected chi connectivity index (χ1v) is 12.1. The second-order valence-corrected chi connectivity index (χ2v) is 9.87. The highest BCUT2D eigenvalue weighted by Gasteiger charge is 2.33. The molecule has 1 aliphatic heterocycles. The topological polar surface area (TPSA) is 160 Å². The van der Waals surface area contributed by atoms with Crippen LogP contribution in [0, 0.1) is 17.0 Å². The number of fused-ring (bicyclic) bond motifs is 1. The molecule has 0 saturated carbocycles. The number of sulfonamides is 1. The van der Waals surface area contributed by atoms with Gasteiger partial charge in [-0.1, -0.05) is 11.3 Å². The summed E-state index contributed by atoms with van der Waals surface area (Å²) in [7, 11) is -3.77. The van der Waals surface area contributed by atoms with E-state index in [4.69, 9.17) is 0 Å². The summed E-state index contributed by atoms with van der Waals surface area (Å²) in [5, 5.41) is 19.6. The highest BCUT2D eigenvalue weighted by molar-refractivity contribution is 7.89. The molecular weight excluding hydrogens is 476 g/mol. The van der Waals surface area contributed by atoms with Crippen LogP contribution in [-0.4, -0.2) is 79.6 Å². The Balaban J connectivity index is 1.32. The van der Waals surface area contributed by atoms with Gasteiger partial charge in [-0.05, 0) is 25.1 Å². The lowest BCUT2D eigenvalue weighted by Crippen LogP contribution is -2.50. The normalized spacial score (nSPS) is 14.9. The number of piperazine rings is 1. The second-order valence-electron chi connectivity index (χ2n) is 7.96. The fraction of sp³-hybridized carbons (Fsp3) is 0.238. The molecule has 1 N–H and O–H groups in total. The largest absolute Gasteiger partial charge is 0.345 e. The number of carbonyl (C=O) groups excluding carboxylic acids is 1. The van der Waals surface area contributed by atoms with E-state index in [1.165, 1.54) is 38.3 Å². The zero-order valence-corrected chi connectivity index (χ0v) is 19.3. The molecule has 4 heterocycles. The van der Waals surface area contributed by atoms with Crippen molar-refractivity contribution in [2.45, 2.75) is 11.8 Å². The lowest BCUT2D eigenvalue weighted by atomic mass is 10.2. The fourth-order valence-electron chi connectivity index (χ4n) is 4.07. The number of rotatable bonds is 5. The molecule has 35 heavy (non-hydrogen) atoms. The van der Waals surface area contributed by atoms with Crippen LogP contribution in [0.15, 0.2) is 53.7 Å². The molecular formula is C21H20N8O5S. The summed E-state index contributed by atoms with van der Waals surface area (Å²) < 4.78 is 29.1. The number of nitrogens with one attached hydrogen (secondary N) is 1. The van der Waals surface area contributed by atoms with Crippen LogP contribution in [0.1, 0.15) is 16.2 Å². The molecule has 4 aromatic rings. The van der Waals surface area contributed by atoms with Crippen molar-refractivity contribution >= 4 is 32.7 Å². The van der Waals surface area contributed by atoms with Crippen LogP contribution in [0.25, 0.3) is 16.7 Å². The summed E-state index contributed by atoms with van der Waals surface area (Å²) in [5.41, 5.74) is 1.33. The van der Waals surface area contributed by atoms with E-state index < -0.39 is 14.9 Å². The van der Waals surface area contributed by atoms with Gasteiger partial charge in [0.2, 0.25) is 10.0 Å². The zero-order chi connectivity index (χ0) is 24.7. The zero-order valence-electron chi connectivity index (χ0n) is 18.5. The summed E-state index contributed by atoms with van der Waals surface area (Å²) in [6, 6.07) is 9.24. The van der Waals surface area contributed by atoms with Gasteiger partial charge < -0.3 is 9.88 Å². The standard InChI is InChI=1S/C21H20N8O5S/c1-14-19(24-25-28(14)15-4-2-5-16(12-15)29(31)32)21(30)26-8-10-27(11-9-26)35(33,34)18-13-23-20-17(18)6-3-7-22-20/h2-7,12-13H,8-11H2,1H3,(H,22,23). The van der Waals surface area contributed by atoms with Gasteiger partial charge in [0.25, 0.3) is 11.6 Å². The average Bonchev–Trinajstić information content (AvgIpc) is 3.48. The molecule has 0 radical (unpaired) electrons. The monoisotopic (exact) mass is 496 g/mol. The molecule has 0 spiro atoms. The first-order chi connectivity index (χ1) is 16.8. The van der Waals surface area contributed by atoms with E-state index >= 15 is 0 Å². The summed E-state index contributed by atoms with van der Waals surface area (Å²) in [4.78, 5) is 32.4. The Bertz CT molecular complexity index is 1550. The van der Waals surface area contributed by atoms with Crippen LogP contribution in [0.2, 0.25) is 0 Å². The van der Waals surface area contributed by atoms with Crippen molar-refractivity contribution in [3.63, 3.8) is 0 Å². The van der Waals surface area contributed by atoms with E-state index in [1.807, 2.05) is 0 Å². The van der Waals surface area contributed by atoms with Crippen LogP contribution in [-0.2, 0) is 10.0 Å². The van der Waals surface area contributed by atoms with Gasteiger partial charge in [0.1, 0.15) is 10.5 Å². The van der Waals surface area contributed by atoms with Crippen molar-refractivity contribution in [1.29, 1.82) is 0 Å². The van der Waals surface area contributed by atoms with Gasteiger partial charge in [0.15, 0.2) is 5.69 Å². The number of nitrogens with zero attached hydrogens (tertiary/aromatic N) is 7. The summed E-state index contributed by atoms with van der Waals surface area (Å²) in [5.74, 6) is -0.382. The molecule has 14 heteroatoms. The van der Waals surface area contributed by atoms with Crippen LogP contribution in [0.3, 0.4) is 0 Å². The van der Waals surface area contributed by atoms with E-state index in [0.717, 1.165) is 0 Å². The quantitative estimate of drug-likeness (QED) is 0.321. The number of hydrogen-bond acceptors (Lipinski definition) is 8. The maximum absolute atomic E-state index is 13.2. The molecule has 1 aliphatic rings. The average molecular weight is 497 g/mol. The van der Waals surface area contributed by atoms with Gasteiger partial charge in [-0.2, -0.15) is 4.31 Å². The highest BCUT2D eigenvalue weighted by Crippen LogP contribution is 2.26. The first kappa shape index (κ1) is 22.6. The maximum atomic E-state index is 13.2. The minimum atomic E-state index is -3.77. The Morgan fingerprint density at radius 2 is 1.91 bits per heavy atom. The number of nitro groups is 1. The number of aromatic nitrogens is 5. The number of carbonyl (C=O) groups is 1. The van der Waals surface area contributed by atoms with Crippen LogP contribution >= 0.6 is 0 Å². The van der Waals surface area contributed by atoms with E-state index in [9.17, 15) is 23.3 Å². The molecule has 13 nitrogen and oxygen atoms in total. The van der Waals surface area contributed by atoms with E-state index in [-0.39, 0.29) is 48.4 Å². The van der Waals surface area contributed by atoms with Gasteiger partial charge >= 0.3 is 0 Å². The Morgan fingerprint density at radius 1 is 1.14 bits per heavy atom. The lowest BCUT2D eigenvalue weighted by molar-refractivity contribution is -0.384. The Kier molecular flexibility index (Phi) is 5.53. The SMILES string of the molecule is Cc1c(C(=O)N2CCN(S(=O)(=O)c3c[nH]c4ncccc34)CC2)nnn1-c1cccc([N+](=O)[O-])c1. The van der Waals surface area contributed by atoms with Crippen LogP contribution in [0.5, 0.6) is 0 Å². The number of hydrogen-bond donors (Lipinski definition) is 1. The number of amides is 1. The minimum Gasteiger partial charge on any atom is -0.345 e. The maximum Gasteiger partial charge on any atom is 0.276 e. The van der Waals surface area contributed by atoms with Gasteiger partial charge in [-0.25, -0.2) is 18.1 Å². The summed E-state index contributed by atoms with van der Waals surface area (Å²) in [6.07, 6.45) is 3.01. The third-order valence-electron chi connectivity index (χ3n) is 5.94. The molecule has 180 valence electrons. The number of pyridine rings is 1. The predicted octanol–water partition coefficient (Wildman–Crippen LogP) is 1.51. The van der Waals surface area contributed by atoms with E-state index in [1.54, 1.807) is 31.3 Å².